The van der Waals surface area contributed by atoms with Crippen molar-refractivity contribution in [3.63, 3.8) is 0 Å². The molecule has 17 heteroatoms. The first-order valence-electron chi connectivity index (χ1n) is 6.39. The Balaban J connectivity index is -0.000000102. The quantitative estimate of drug-likeness (QED) is 0.127. The molecule has 3 aliphatic heterocycles. The normalized spacial score (nSPS) is 16.2. The molecule has 2 N–H and O–H groups in total. The number of aliphatic hydroxyl groups excluding tert-OH is 2. The van der Waals surface area contributed by atoms with Crippen LogP contribution in [0.2, 0.25) is 0 Å². The van der Waals surface area contributed by atoms with Gasteiger partial charge in [0, 0.05) is 131 Å². The number of hydrogen-bond acceptors (Lipinski definition) is 6. The van der Waals surface area contributed by atoms with Crippen molar-refractivity contribution in [3.8, 4) is 0 Å². The van der Waals surface area contributed by atoms with Crippen molar-refractivity contribution in [2.45, 2.75) is 13.3 Å². The van der Waals surface area contributed by atoms with Gasteiger partial charge in [0.15, 0.2) is 0 Å². The van der Waals surface area contributed by atoms with Crippen molar-refractivity contribution in [1.29, 1.82) is 0 Å². The van der Waals surface area contributed by atoms with E-state index >= 15 is 0 Å². The topological polar surface area (TPSA) is 230 Å². The van der Waals surface area contributed by atoms with Crippen LogP contribution in [0.3, 0.4) is 0 Å². The molecule has 3 saturated heterocycles. The molecule has 154 valence electrons. The summed E-state index contributed by atoms with van der Waals surface area (Å²) in [6.07, 6.45) is 0.333. The third-order valence-corrected chi connectivity index (χ3v) is 2.98. The van der Waals surface area contributed by atoms with E-state index in [-0.39, 0.29) is 138 Å². The predicted octanol–water partition coefficient (Wildman–Crippen LogP) is -0.215. The fourth-order valence-electron chi connectivity index (χ4n) is 1.46. The van der Waals surface area contributed by atoms with Crippen LogP contribution >= 0.6 is 0 Å². The van der Waals surface area contributed by atoms with Crippen molar-refractivity contribution < 1.29 is 170 Å². The number of carbonyl (C=O) groups is 6. The summed E-state index contributed by atoms with van der Waals surface area (Å²) < 4.78 is 0. The molecule has 30 heavy (non-hydrogen) atoms. The molecule has 3 rings (SSSR count). The van der Waals surface area contributed by atoms with Gasteiger partial charge in [0.2, 0.25) is 0 Å². The Morgan fingerprint density at radius 3 is 1.13 bits per heavy atom. The Morgan fingerprint density at radius 2 is 1.07 bits per heavy atom. The second-order valence-electron chi connectivity index (χ2n) is 4.54. The average Bonchev–Trinajstić information content (AvgIpc) is 2.46. The summed E-state index contributed by atoms with van der Waals surface area (Å²) in [7, 11) is 0. The van der Waals surface area contributed by atoms with Gasteiger partial charge in [-0.25, -0.2) is 0 Å². The Labute approximate surface area is 271 Å². The monoisotopic (exact) mass is 721 g/mol. The van der Waals surface area contributed by atoms with Gasteiger partial charge in [0.1, 0.15) is 5.41 Å². The fraction of sp³-hybridized carbons (Fsp3) is 0.308. The molecule has 0 aromatic heterocycles. The summed E-state index contributed by atoms with van der Waals surface area (Å²) in [5.74, 6) is -8.56. The van der Waals surface area contributed by atoms with Crippen LogP contribution < -0.4 is 0 Å². The van der Waals surface area contributed by atoms with E-state index in [1.165, 1.54) is 0 Å². The van der Waals surface area contributed by atoms with E-state index < -0.39 is 58.6 Å². The Bertz CT molecular complexity index is 657. The molecule has 4 radical (unpaired) electrons. The first-order valence-corrected chi connectivity index (χ1v) is 6.39. The zero-order valence-corrected chi connectivity index (χ0v) is 27.0. The maximum atomic E-state index is 10.6. The van der Waals surface area contributed by atoms with E-state index in [1.54, 1.807) is 6.92 Å². The number of aliphatic hydroxyl groups is 2. The fourth-order valence-corrected chi connectivity index (χ4v) is 1.46. The molecule has 0 bridgehead atoms. The number of amides is 6. The van der Waals surface area contributed by atoms with Crippen molar-refractivity contribution in [1.82, 2.24) is 0 Å². The molecule has 1 spiro atoms. The standard InChI is InChI=1S/C5H2N2O4.C4H3N2O3.C3H6NO.CH3.4Y/c8-1-5(2(9)6-1)3(10)7-4(5)11;5-2(7)1-3(8)6-4(1)9;1-2-3(4)5;;;;;/h(H2,6,7,8,9,10,11);1H,(H2-,5,6,7,8,9);2H2,1H3,(H-,4,5);1H3;;;;/q;3*-1;;;;/p-3. The molecule has 3 aliphatic rings. The SMILES string of the molecule is CCC(=[N-])O.O=C1[N-]C(=O)C12C(=O)[N-]C2=O.[CH3-].[N-]=C(O)C1C(=O)[N-]C1=O.[Y].[Y].[Y].[Y]. The van der Waals surface area contributed by atoms with Crippen molar-refractivity contribution in [2.75, 3.05) is 0 Å². The molecule has 13 nitrogen and oxygen atoms in total. The second kappa shape index (κ2) is 17.3. The van der Waals surface area contributed by atoms with Gasteiger partial charge in [-0.15, -0.1) is 0 Å². The number of nitrogens with zero attached hydrogens (tertiary/aromatic N) is 5. The Morgan fingerprint density at radius 1 is 0.800 bits per heavy atom. The summed E-state index contributed by atoms with van der Waals surface area (Å²) in [5.41, 5.74) is -2.11. The molecule has 3 fully saturated rings. The van der Waals surface area contributed by atoms with Gasteiger partial charge in [0.05, 0.1) is 41.4 Å². The minimum absolute atomic E-state index is 0. The molecule has 0 saturated carbocycles. The van der Waals surface area contributed by atoms with Gasteiger partial charge in [0.25, 0.3) is 0 Å². The Hall–Kier alpha value is 0.776. The third-order valence-electron chi connectivity index (χ3n) is 2.98. The van der Waals surface area contributed by atoms with E-state index in [2.05, 4.69) is 16.0 Å². The molecule has 6 amide bonds. The summed E-state index contributed by atoms with van der Waals surface area (Å²) in [4.78, 5) is 62.6. The number of imide groups is 3. The average molecular weight is 721 g/mol. The molecule has 0 aromatic carbocycles. The van der Waals surface area contributed by atoms with Crippen molar-refractivity contribution in [2.24, 2.45) is 11.3 Å². The maximum Gasteiger partial charge on any atom is 0.136 e. The number of β-lactam (4-membered cyclic amide) rings is 6. The number of carbonyl (C=O) groups excluding carboxylic acids is 6. The molecule has 0 aliphatic carbocycles. The smallest absolute Gasteiger partial charge is 0.136 e. The van der Waals surface area contributed by atoms with Gasteiger partial charge in [-0.05, 0) is 18.2 Å². The van der Waals surface area contributed by atoms with Gasteiger partial charge in [-0.2, -0.15) is 0 Å². The molecule has 0 unspecified atom stereocenters. The molecule has 0 atom stereocenters. The van der Waals surface area contributed by atoms with Crippen LogP contribution in [-0.2, 0) is 160 Å². The first kappa shape index (κ1) is 41.1. The Kier molecular flexibility index (Phi) is 23.7. The van der Waals surface area contributed by atoms with Gasteiger partial charge in [-0.1, -0.05) is 6.92 Å². The van der Waals surface area contributed by atoms with E-state index in [0.29, 0.717) is 6.42 Å². The molecule has 0 aromatic rings. The van der Waals surface area contributed by atoms with Crippen LogP contribution in [0.25, 0.3) is 26.8 Å². The number of rotatable bonds is 2. The van der Waals surface area contributed by atoms with Gasteiger partial charge in [-0.3, -0.25) is 0 Å². The van der Waals surface area contributed by atoms with E-state index in [0.717, 1.165) is 0 Å². The van der Waals surface area contributed by atoms with E-state index in [9.17, 15) is 28.8 Å². The molecule has 3 heterocycles. The summed E-state index contributed by atoms with van der Waals surface area (Å²) in [5, 5.41) is 40.5. The van der Waals surface area contributed by atoms with Crippen LogP contribution in [0.4, 0.5) is 0 Å². The zero-order chi connectivity index (χ0) is 19.5. The summed E-state index contributed by atoms with van der Waals surface area (Å²) in [6, 6.07) is 0. The first-order chi connectivity index (χ1) is 11.5. The maximum absolute atomic E-state index is 10.6. The number of hydrogen-bond donors (Lipinski definition) is 2. The van der Waals surface area contributed by atoms with E-state index in [1.807, 2.05) is 0 Å². The third kappa shape index (κ3) is 8.61. The van der Waals surface area contributed by atoms with Crippen LogP contribution in [0.15, 0.2) is 0 Å². The van der Waals surface area contributed by atoms with Gasteiger partial charge >= 0.3 is 0 Å². The van der Waals surface area contributed by atoms with Crippen LogP contribution in [0, 0.1) is 18.8 Å². The summed E-state index contributed by atoms with van der Waals surface area (Å²) >= 11 is 0. The zero-order valence-electron chi connectivity index (χ0n) is 15.7. The largest absolute Gasteiger partial charge is 0.776 e. The minimum atomic E-state index is -2.11. The summed E-state index contributed by atoms with van der Waals surface area (Å²) in [6.45, 7) is 1.66. The van der Waals surface area contributed by atoms with Crippen molar-refractivity contribution in [3.05, 3.63) is 34.2 Å². The molecular formula is C13H11N5O8Y4-6. The van der Waals surface area contributed by atoms with E-state index in [4.69, 9.17) is 21.0 Å². The van der Waals surface area contributed by atoms with Crippen molar-refractivity contribution >= 4 is 47.2 Å². The predicted molar refractivity (Wildman–Crippen MR) is 84.7 cm³/mol. The van der Waals surface area contributed by atoms with Crippen LogP contribution in [0.1, 0.15) is 13.3 Å². The van der Waals surface area contributed by atoms with Gasteiger partial charge < -0.3 is 73.2 Å². The second-order valence-corrected chi connectivity index (χ2v) is 4.54. The van der Waals surface area contributed by atoms with Crippen LogP contribution in [-0.4, -0.2) is 57.5 Å². The van der Waals surface area contributed by atoms with Crippen LogP contribution in [0.5, 0.6) is 0 Å². The molecular weight excluding hydrogens is 710 g/mol. The minimum Gasteiger partial charge on any atom is -0.776 e.